The predicted molar refractivity (Wildman–Crippen MR) is 80.5 cm³/mol. The van der Waals surface area contributed by atoms with E-state index in [2.05, 4.69) is 41.4 Å². The average Bonchev–Trinajstić information content (AvgIpc) is 2.90. The summed E-state index contributed by atoms with van der Waals surface area (Å²) in [6, 6.07) is 8.95. The van der Waals surface area contributed by atoms with Crippen molar-refractivity contribution in [1.29, 1.82) is 0 Å². The Balaban J connectivity index is 1.75. The molecule has 3 rings (SSSR count). The lowest BCUT2D eigenvalue weighted by Crippen LogP contribution is -2.51. The Labute approximate surface area is 121 Å². The van der Waals surface area contributed by atoms with Crippen LogP contribution in [0.1, 0.15) is 49.8 Å². The Bertz CT molecular complexity index is 486. The summed E-state index contributed by atoms with van der Waals surface area (Å²) in [4.78, 5) is 14.8. The van der Waals surface area contributed by atoms with Crippen molar-refractivity contribution in [1.82, 2.24) is 10.2 Å². The zero-order valence-corrected chi connectivity index (χ0v) is 12.3. The third-order valence-corrected chi connectivity index (χ3v) is 4.59. The van der Waals surface area contributed by atoms with Crippen molar-refractivity contribution < 1.29 is 4.79 Å². The minimum atomic E-state index is 0.0384. The van der Waals surface area contributed by atoms with Crippen molar-refractivity contribution in [3.63, 3.8) is 0 Å². The number of hydrogen-bond acceptors (Lipinski definition) is 2. The zero-order chi connectivity index (χ0) is 13.9. The number of nitrogens with one attached hydrogen (secondary N) is 1. The van der Waals surface area contributed by atoms with Crippen LogP contribution in [0.2, 0.25) is 0 Å². The maximum Gasteiger partial charge on any atom is 0.240 e. The normalized spacial score (nSPS) is 25.9. The molecule has 2 atom stereocenters. The molecular weight excluding hydrogens is 248 g/mol. The molecule has 2 aliphatic rings. The van der Waals surface area contributed by atoms with E-state index in [0.717, 1.165) is 45.2 Å². The molecule has 2 unspecified atom stereocenters. The van der Waals surface area contributed by atoms with E-state index in [1.807, 2.05) is 0 Å². The van der Waals surface area contributed by atoms with Crippen molar-refractivity contribution in [3.05, 3.63) is 35.4 Å². The average molecular weight is 272 g/mol. The van der Waals surface area contributed by atoms with E-state index in [9.17, 15) is 4.79 Å². The number of piperidine rings is 1. The number of fused-ring (bicyclic) bond motifs is 1. The van der Waals surface area contributed by atoms with Crippen molar-refractivity contribution >= 4 is 5.91 Å². The number of amides is 1. The number of rotatable bonds is 4. The molecule has 0 aromatic heterocycles. The van der Waals surface area contributed by atoms with Gasteiger partial charge in [-0.2, -0.15) is 0 Å². The fraction of sp³-hybridized carbons (Fsp3) is 0.588. The Morgan fingerprint density at radius 1 is 1.30 bits per heavy atom. The lowest BCUT2D eigenvalue weighted by Gasteiger charge is -2.37. The van der Waals surface area contributed by atoms with Crippen LogP contribution >= 0.6 is 0 Å². The van der Waals surface area contributed by atoms with Gasteiger partial charge in [-0.25, -0.2) is 0 Å². The second-order valence-electron chi connectivity index (χ2n) is 5.93. The van der Waals surface area contributed by atoms with E-state index in [4.69, 9.17) is 0 Å². The monoisotopic (exact) mass is 272 g/mol. The van der Waals surface area contributed by atoms with Gasteiger partial charge in [0.15, 0.2) is 0 Å². The third kappa shape index (κ3) is 2.47. The molecular formula is C17H24N2O. The summed E-state index contributed by atoms with van der Waals surface area (Å²) in [6.45, 7) is 4.00. The number of carbonyl (C=O) groups excluding carboxylic acids is 1. The Kier molecular flexibility index (Phi) is 4.06. The first-order valence-electron chi connectivity index (χ1n) is 7.93. The molecule has 1 aliphatic carbocycles. The molecule has 3 heteroatoms. The van der Waals surface area contributed by atoms with Crippen LogP contribution in [0.4, 0.5) is 0 Å². The molecule has 108 valence electrons. The largest absolute Gasteiger partial charge is 0.334 e. The van der Waals surface area contributed by atoms with Gasteiger partial charge in [-0.3, -0.25) is 4.79 Å². The Morgan fingerprint density at radius 3 is 3.00 bits per heavy atom. The van der Waals surface area contributed by atoms with Crippen LogP contribution in [0.3, 0.4) is 0 Å². The highest BCUT2D eigenvalue weighted by Gasteiger charge is 2.36. The van der Waals surface area contributed by atoms with E-state index in [-0.39, 0.29) is 6.04 Å². The van der Waals surface area contributed by atoms with Crippen LogP contribution in [-0.2, 0) is 11.2 Å². The van der Waals surface area contributed by atoms with Gasteiger partial charge in [0.25, 0.3) is 0 Å². The van der Waals surface area contributed by atoms with Gasteiger partial charge in [-0.15, -0.1) is 0 Å². The molecule has 1 aromatic rings. The first kappa shape index (κ1) is 13.6. The first-order chi connectivity index (χ1) is 9.81. The molecule has 1 aliphatic heterocycles. The number of carbonyl (C=O) groups is 1. The van der Waals surface area contributed by atoms with Gasteiger partial charge < -0.3 is 10.2 Å². The fourth-order valence-corrected chi connectivity index (χ4v) is 3.58. The van der Waals surface area contributed by atoms with E-state index < -0.39 is 0 Å². The van der Waals surface area contributed by atoms with Crippen molar-refractivity contribution in [2.45, 2.75) is 51.1 Å². The van der Waals surface area contributed by atoms with Gasteiger partial charge in [0.05, 0.1) is 12.1 Å². The van der Waals surface area contributed by atoms with Crippen LogP contribution in [0, 0.1) is 0 Å². The van der Waals surface area contributed by atoms with Crippen molar-refractivity contribution in [3.8, 4) is 0 Å². The highest BCUT2D eigenvalue weighted by Crippen LogP contribution is 2.37. The highest BCUT2D eigenvalue weighted by molar-refractivity contribution is 5.83. The van der Waals surface area contributed by atoms with E-state index in [1.165, 1.54) is 11.1 Å². The molecule has 1 N–H and O–H groups in total. The van der Waals surface area contributed by atoms with E-state index in [1.54, 1.807) is 0 Å². The van der Waals surface area contributed by atoms with E-state index in [0.29, 0.717) is 11.9 Å². The zero-order valence-electron chi connectivity index (χ0n) is 12.3. The molecule has 0 bridgehead atoms. The minimum absolute atomic E-state index is 0.0384. The molecule has 0 spiro atoms. The van der Waals surface area contributed by atoms with Crippen LogP contribution in [-0.4, -0.2) is 29.9 Å². The van der Waals surface area contributed by atoms with Crippen LogP contribution in [0.25, 0.3) is 0 Å². The number of likely N-dealkylation sites (tertiary alicyclic amines) is 1. The van der Waals surface area contributed by atoms with Crippen LogP contribution in [0.15, 0.2) is 24.3 Å². The first-order valence-corrected chi connectivity index (χ1v) is 7.93. The molecule has 1 aromatic carbocycles. The van der Waals surface area contributed by atoms with Gasteiger partial charge in [-0.05, 0) is 49.8 Å². The molecule has 0 radical (unpaired) electrons. The van der Waals surface area contributed by atoms with Crippen LogP contribution in [0.5, 0.6) is 0 Å². The van der Waals surface area contributed by atoms with Gasteiger partial charge in [0.1, 0.15) is 0 Å². The van der Waals surface area contributed by atoms with Gasteiger partial charge in [0.2, 0.25) is 5.91 Å². The molecule has 1 fully saturated rings. The maximum atomic E-state index is 12.7. The highest BCUT2D eigenvalue weighted by atomic mass is 16.2. The van der Waals surface area contributed by atoms with Crippen molar-refractivity contribution in [2.75, 3.05) is 13.1 Å². The lowest BCUT2D eigenvalue weighted by atomic mass is 9.99. The molecule has 1 amide bonds. The third-order valence-electron chi connectivity index (χ3n) is 4.59. The molecule has 20 heavy (non-hydrogen) atoms. The smallest absolute Gasteiger partial charge is 0.240 e. The van der Waals surface area contributed by atoms with Gasteiger partial charge >= 0.3 is 0 Å². The summed E-state index contributed by atoms with van der Waals surface area (Å²) in [5, 5.41) is 3.41. The topological polar surface area (TPSA) is 32.3 Å². The standard InChI is InChI=1S/C17H24N2O/c1-2-11-18-15-8-5-12-19(17(15)20)16-10-9-13-6-3-4-7-14(13)16/h3-4,6-7,15-16,18H,2,5,8-12H2,1H3. The summed E-state index contributed by atoms with van der Waals surface area (Å²) in [5.74, 6) is 0.311. The van der Waals surface area contributed by atoms with E-state index >= 15 is 0 Å². The lowest BCUT2D eigenvalue weighted by molar-refractivity contribution is -0.138. The van der Waals surface area contributed by atoms with Gasteiger partial charge in [-0.1, -0.05) is 31.2 Å². The Morgan fingerprint density at radius 2 is 2.15 bits per heavy atom. The molecule has 0 saturated carbocycles. The van der Waals surface area contributed by atoms with Gasteiger partial charge in [0, 0.05) is 6.54 Å². The quantitative estimate of drug-likeness (QED) is 0.914. The summed E-state index contributed by atoms with van der Waals surface area (Å²) in [6.07, 6.45) is 5.38. The Hall–Kier alpha value is -1.35. The fourth-order valence-electron chi connectivity index (χ4n) is 3.58. The second-order valence-corrected chi connectivity index (χ2v) is 5.93. The molecule has 1 heterocycles. The maximum absolute atomic E-state index is 12.7. The number of aryl methyl sites for hydroxylation is 1. The number of nitrogens with zero attached hydrogens (tertiary/aromatic N) is 1. The number of hydrogen-bond donors (Lipinski definition) is 1. The summed E-state index contributed by atoms with van der Waals surface area (Å²) in [7, 11) is 0. The summed E-state index contributed by atoms with van der Waals surface area (Å²) < 4.78 is 0. The second kappa shape index (κ2) is 5.96. The van der Waals surface area contributed by atoms with Crippen molar-refractivity contribution in [2.24, 2.45) is 0 Å². The SMILES string of the molecule is CCCNC1CCCN(C2CCc3ccccc32)C1=O. The molecule has 1 saturated heterocycles. The summed E-state index contributed by atoms with van der Waals surface area (Å²) >= 11 is 0. The predicted octanol–water partition coefficient (Wildman–Crippen LogP) is 2.66. The minimum Gasteiger partial charge on any atom is -0.334 e. The number of benzene rings is 1. The van der Waals surface area contributed by atoms with Crippen LogP contribution < -0.4 is 5.32 Å². The molecule has 3 nitrogen and oxygen atoms in total. The summed E-state index contributed by atoms with van der Waals surface area (Å²) in [5.41, 5.74) is 2.80.